The van der Waals surface area contributed by atoms with Gasteiger partial charge in [0, 0.05) is 18.2 Å². The Labute approximate surface area is 163 Å². The van der Waals surface area contributed by atoms with Gasteiger partial charge in [0.1, 0.15) is 5.75 Å². The summed E-state index contributed by atoms with van der Waals surface area (Å²) in [6.07, 6.45) is 2.77. The Morgan fingerprint density at radius 2 is 1.71 bits per heavy atom. The fraction of sp³-hybridized carbons (Fsp3) is 0.238. The van der Waals surface area contributed by atoms with E-state index in [1.807, 2.05) is 12.1 Å². The molecular weight excluding hydrogens is 362 g/mol. The average molecular weight is 385 g/mol. The minimum atomic E-state index is -0.635. The van der Waals surface area contributed by atoms with Crippen LogP contribution in [0.5, 0.6) is 17.2 Å². The number of carbonyl (C=O) groups is 2. The molecule has 0 radical (unpaired) electrons. The van der Waals surface area contributed by atoms with E-state index in [1.54, 1.807) is 43.5 Å². The van der Waals surface area contributed by atoms with Crippen LogP contribution in [0.15, 0.2) is 48.5 Å². The highest BCUT2D eigenvalue weighted by molar-refractivity contribution is 5.89. The third kappa shape index (κ3) is 6.05. The monoisotopic (exact) mass is 385 g/mol. The minimum absolute atomic E-state index is 0.331. The summed E-state index contributed by atoms with van der Waals surface area (Å²) in [5, 5.41) is 2.68. The predicted octanol–water partition coefficient (Wildman–Crippen LogP) is 2.59. The Bertz CT molecular complexity index is 829. The zero-order valence-electron chi connectivity index (χ0n) is 16.1. The molecule has 0 bridgehead atoms. The van der Waals surface area contributed by atoms with Crippen LogP contribution in [-0.2, 0) is 20.9 Å². The van der Waals surface area contributed by atoms with Crippen molar-refractivity contribution < 1.29 is 28.5 Å². The fourth-order valence-electron chi connectivity index (χ4n) is 2.38. The van der Waals surface area contributed by atoms with E-state index in [4.69, 9.17) is 18.9 Å². The SMILES string of the molecule is COc1ccc(CNC(=O)COC(=O)C=Cc2cccc(OC)c2OC)cc1. The van der Waals surface area contributed by atoms with Crippen molar-refractivity contribution in [1.29, 1.82) is 0 Å². The first-order valence-corrected chi connectivity index (χ1v) is 8.52. The van der Waals surface area contributed by atoms with Crippen LogP contribution >= 0.6 is 0 Å². The van der Waals surface area contributed by atoms with Crippen LogP contribution in [0.2, 0.25) is 0 Å². The third-order valence-electron chi connectivity index (χ3n) is 3.83. The molecule has 0 saturated carbocycles. The predicted molar refractivity (Wildman–Crippen MR) is 104 cm³/mol. The van der Waals surface area contributed by atoms with Crippen LogP contribution < -0.4 is 19.5 Å². The molecule has 0 unspecified atom stereocenters. The highest BCUT2D eigenvalue weighted by Crippen LogP contribution is 2.31. The number of para-hydroxylation sites is 1. The van der Waals surface area contributed by atoms with Crippen molar-refractivity contribution in [2.24, 2.45) is 0 Å². The van der Waals surface area contributed by atoms with Crippen molar-refractivity contribution in [2.75, 3.05) is 27.9 Å². The van der Waals surface area contributed by atoms with E-state index >= 15 is 0 Å². The van der Waals surface area contributed by atoms with Crippen LogP contribution in [-0.4, -0.2) is 39.8 Å². The lowest BCUT2D eigenvalue weighted by molar-refractivity contribution is -0.143. The Balaban J connectivity index is 1.81. The summed E-state index contributed by atoms with van der Waals surface area (Å²) in [7, 11) is 4.63. The third-order valence-corrected chi connectivity index (χ3v) is 3.83. The average Bonchev–Trinajstić information content (AvgIpc) is 2.74. The number of ether oxygens (including phenoxy) is 4. The molecule has 2 aromatic carbocycles. The largest absolute Gasteiger partial charge is 0.497 e. The molecule has 0 fully saturated rings. The number of carbonyl (C=O) groups excluding carboxylic acids is 2. The number of hydrogen-bond acceptors (Lipinski definition) is 6. The van der Waals surface area contributed by atoms with Gasteiger partial charge in [0.25, 0.3) is 5.91 Å². The molecule has 7 heteroatoms. The summed E-state index contributed by atoms with van der Waals surface area (Å²) in [4.78, 5) is 23.7. The van der Waals surface area contributed by atoms with Gasteiger partial charge in [0.15, 0.2) is 18.1 Å². The highest BCUT2D eigenvalue weighted by atomic mass is 16.5. The molecule has 7 nitrogen and oxygen atoms in total. The van der Waals surface area contributed by atoms with Gasteiger partial charge in [-0.1, -0.05) is 24.3 Å². The number of methoxy groups -OCH3 is 3. The van der Waals surface area contributed by atoms with Crippen molar-refractivity contribution in [2.45, 2.75) is 6.54 Å². The Morgan fingerprint density at radius 3 is 2.36 bits per heavy atom. The molecule has 148 valence electrons. The molecule has 0 aliphatic rings. The van der Waals surface area contributed by atoms with Crippen LogP contribution in [0.1, 0.15) is 11.1 Å². The highest BCUT2D eigenvalue weighted by Gasteiger charge is 2.09. The lowest BCUT2D eigenvalue weighted by Crippen LogP contribution is -2.28. The summed E-state index contributed by atoms with van der Waals surface area (Å²) in [5.74, 6) is 0.770. The standard InChI is InChI=1S/C21H23NO6/c1-25-17-10-7-15(8-11-17)13-22-19(23)14-28-20(24)12-9-16-5-4-6-18(26-2)21(16)27-3/h4-12H,13-14H2,1-3H3,(H,22,23). The van der Waals surface area contributed by atoms with Crippen LogP contribution in [0.3, 0.4) is 0 Å². The van der Waals surface area contributed by atoms with E-state index in [2.05, 4.69) is 5.32 Å². The molecule has 0 aromatic heterocycles. The second-order valence-electron chi connectivity index (χ2n) is 5.65. The second kappa shape index (κ2) is 10.6. The van der Waals surface area contributed by atoms with Crippen molar-refractivity contribution in [3.63, 3.8) is 0 Å². The molecule has 2 rings (SSSR count). The van der Waals surface area contributed by atoms with Crippen LogP contribution in [0, 0.1) is 0 Å². The zero-order chi connectivity index (χ0) is 20.4. The van der Waals surface area contributed by atoms with E-state index in [0.717, 1.165) is 11.3 Å². The lowest BCUT2D eigenvalue weighted by atomic mass is 10.1. The Hall–Kier alpha value is -3.48. The molecule has 1 N–H and O–H groups in total. The van der Waals surface area contributed by atoms with Gasteiger partial charge in [-0.25, -0.2) is 4.79 Å². The number of nitrogens with one attached hydrogen (secondary N) is 1. The van der Waals surface area contributed by atoms with E-state index < -0.39 is 11.9 Å². The maximum absolute atomic E-state index is 11.8. The first kappa shape index (κ1) is 20.8. The number of amides is 1. The summed E-state index contributed by atoms with van der Waals surface area (Å²) in [5.41, 5.74) is 1.56. The molecule has 0 aliphatic carbocycles. The Morgan fingerprint density at radius 1 is 0.964 bits per heavy atom. The number of rotatable bonds is 9. The van der Waals surface area contributed by atoms with Crippen molar-refractivity contribution >= 4 is 18.0 Å². The fourth-order valence-corrected chi connectivity index (χ4v) is 2.38. The second-order valence-corrected chi connectivity index (χ2v) is 5.65. The molecule has 0 atom stereocenters. The quantitative estimate of drug-likeness (QED) is 0.528. The topological polar surface area (TPSA) is 83.1 Å². The van der Waals surface area contributed by atoms with Gasteiger partial charge in [-0.2, -0.15) is 0 Å². The molecule has 0 aliphatic heterocycles. The Kier molecular flexibility index (Phi) is 7.90. The molecule has 0 heterocycles. The van der Waals surface area contributed by atoms with E-state index in [0.29, 0.717) is 23.6 Å². The summed E-state index contributed by atoms with van der Waals surface area (Å²) < 4.78 is 20.5. The smallest absolute Gasteiger partial charge is 0.331 e. The first-order chi connectivity index (χ1) is 13.6. The number of benzene rings is 2. The van der Waals surface area contributed by atoms with Gasteiger partial charge in [-0.15, -0.1) is 0 Å². The molecule has 0 spiro atoms. The van der Waals surface area contributed by atoms with Gasteiger partial charge in [0.05, 0.1) is 21.3 Å². The van der Waals surface area contributed by atoms with Gasteiger partial charge in [-0.3, -0.25) is 4.79 Å². The van der Waals surface area contributed by atoms with Crippen molar-refractivity contribution in [3.8, 4) is 17.2 Å². The zero-order valence-corrected chi connectivity index (χ0v) is 16.1. The lowest BCUT2D eigenvalue weighted by Gasteiger charge is -2.09. The van der Waals surface area contributed by atoms with Crippen LogP contribution in [0.25, 0.3) is 6.08 Å². The molecule has 0 saturated heterocycles. The summed E-state index contributed by atoms with van der Waals surface area (Å²) in [6.45, 7) is -0.0359. The van der Waals surface area contributed by atoms with E-state index in [-0.39, 0.29) is 6.61 Å². The van der Waals surface area contributed by atoms with Gasteiger partial charge < -0.3 is 24.3 Å². The van der Waals surface area contributed by atoms with E-state index in [1.165, 1.54) is 20.3 Å². The normalized spacial score (nSPS) is 10.4. The van der Waals surface area contributed by atoms with Crippen LogP contribution in [0.4, 0.5) is 0 Å². The van der Waals surface area contributed by atoms with Gasteiger partial charge in [0.2, 0.25) is 0 Å². The maximum atomic E-state index is 11.8. The van der Waals surface area contributed by atoms with Gasteiger partial charge in [-0.05, 0) is 29.8 Å². The molecular formula is C21H23NO6. The summed E-state index contributed by atoms with van der Waals surface area (Å²) >= 11 is 0. The maximum Gasteiger partial charge on any atom is 0.331 e. The van der Waals surface area contributed by atoms with E-state index in [9.17, 15) is 9.59 Å². The number of esters is 1. The van der Waals surface area contributed by atoms with Crippen molar-refractivity contribution in [1.82, 2.24) is 5.32 Å². The molecule has 2 aromatic rings. The number of hydrogen-bond donors (Lipinski definition) is 1. The first-order valence-electron chi connectivity index (χ1n) is 8.52. The summed E-state index contributed by atoms with van der Waals surface area (Å²) in [6, 6.07) is 12.6. The molecule has 1 amide bonds. The van der Waals surface area contributed by atoms with Gasteiger partial charge >= 0.3 is 5.97 Å². The molecule has 28 heavy (non-hydrogen) atoms. The van der Waals surface area contributed by atoms with Crippen molar-refractivity contribution in [3.05, 3.63) is 59.7 Å². The minimum Gasteiger partial charge on any atom is -0.497 e.